The van der Waals surface area contributed by atoms with E-state index in [1.807, 2.05) is 25.2 Å². The van der Waals surface area contributed by atoms with Gasteiger partial charge >= 0.3 is 0 Å². The molecule has 0 spiro atoms. The molecule has 2 aromatic rings. The van der Waals surface area contributed by atoms with Gasteiger partial charge in [-0.3, -0.25) is 4.79 Å². The zero-order valence-corrected chi connectivity index (χ0v) is 9.81. The van der Waals surface area contributed by atoms with Crippen molar-refractivity contribution < 1.29 is 9.36 Å². The molecular weight excluding hydrogens is 208 g/mol. The van der Waals surface area contributed by atoms with Gasteiger partial charge < -0.3 is 5.32 Å². The normalized spacial score (nSPS) is 10.6. The number of hydrogen-bond acceptors (Lipinski definition) is 2. The average Bonchev–Trinajstić information content (AvgIpc) is 2.41. The van der Waals surface area contributed by atoms with Crippen molar-refractivity contribution >= 4 is 33.1 Å². The quantitative estimate of drug-likeness (QED) is 0.734. The van der Waals surface area contributed by atoms with Crippen LogP contribution in [-0.4, -0.2) is 5.91 Å². The average molecular weight is 221 g/mol. The molecule has 4 heteroatoms. The minimum Gasteiger partial charge on any atom is -0.326 e. The molecule has 0 fully saturated rings. The van der Waals surface area contributed by atoms with Crippen LogP contribution in [0.5, 0.6) is 0 Å². The largest absolute Gasteiger partial charge is 0.326 e. The first kappa shape index (κ1) is 10.1. The van der Waals surface area contributed by atoms with Crippen LogP contribution in [0, 0.1) is 6.92 Å². The third-order valence-corrected chi connectivity index (χ3v) is 3.49. The second-order valence-corrected chi connectivity index (χ2v) is 4.78. The number of hydrogen-bond donors (Lipinski definition) is 1. The van der Waals surface area contributed by atoms with Gasteiger partial charge in [-0.2, -0.15) is 4.57 Å². The van der Waals surface area contributed by atoms with E-state index in [9.17, 15) is 4.79 Å². The topological polar surface area (TPSA) is 33.0 Å². The second kappa shape index (κ2) is 3.62. The number of anilines is 1. The predicted molar refractivity (Wildman–Crippen MR) is 62.0 cm³/mol. The molecule has 1 aromatic carbocycles. The van der Waals surface area contributed by atoms with Gasteiger partial charge in [0.2, 0.25) is 16.4 Å². The number of thiazole rings is 1. The second-order valence-electron chi connectivity index (χ2n) is 3.54. The fraction of sp³-hybridized carbons (Fsp3) is 0.273. The zero-order valence-electron chi connectivity index (χ0n) is 9.00. The summed E-state index contributed by atoms with van der Waals surface area (Å²) in [5.74, 6) is -0.0352. The number of nitrogens with one attached hydrogen (secondary N) is 1. The lowest BCUT2D eigenvalue weighted by Crippen LogP contribution is -2.28. The highest BCUT2D eigenvalue weighted by Crippen LogP contribution is 2.23. The van der Waals surface area contributed by atoms with Gasteiger partial charge in [0, 0.05) is 25.6 Å². The number of nitrogens with zero attached hydrogens (tertiary/aromatic N) is 1. The summed E-state index contributed by atoms with van der Waals surface area (Å²) in [5.41, 5.74) is 2.06. The van der Waals surface area contributed by atoms with Crippen LogP contribution in [0.1, 0.15) is 11.9 Å². The number of fused-ring (bicyclic) bond motifs is 1. The van der Waals surface area contributed by atoms with E-state index in [1.54, 1.807) is 11.3 Å². The molecule has 0 unspecified atom stereocenters. The number of aromatic nitrogens is 1. The summed E-state index contributed by atoms with van der Waals surface area (Å²) < 4.78 is 3.35. The summed E-state index contributed by atoms with van der Waals surface area (Å²) in [5, 5.41) is 4.04. The maximum atomic E-state index is 10.9. The fourth-order valence-electron chi connectivity index (χ4n) is 1.55. The Kier molecular flexibility index (Phi) is 2.44. The Morgan fingerprint density at radius 2 is 2.20 bits per heavy atom. The van der Waals surface area contributed by atoms with E-state index in [2.05, 4.69) is 16.8 Å². The van der Waals surface area contributed by atoms with Crippen molar-refractivity contribution in [3.63, 3.8) is 0 Å². The van der Waals surface area contributed by atoms with Crippen LogP contribution in [0.25, 0.3) is 10.2 Å². The molecule has 3 nitrogen and oxygen atoms in total. The van der Waals surface area contributed by atoms with Crippen molar-refractivity contribution in [1.82, 2.24) is 0 Å². The number of aryl methyl sites for hydroxylation is 2. The summed E-state index contributed by atoms with van der Waals surface area (Å²) in [6.45, 7) is 3.60. The molecule has 15 heavy (non-hydrogen) atoms. The Bertz CT molecular complexity index is 531. The van der Waals surface area contributed by atoms with Crippen molar-refractivity contribution in [3.05, 3.63) is 23.2 Å². The Labute approximate surface area is 92.4 Å². The molecular formula is C11H13N2OS+. The van der Waals surface area contributed by atoms with E-state index in [4.69, 9.17) is 0 Å². The van der Waals surface area contributed by atoms with E-state index >= 15 is 0 Å². The summed E-state index contributed by atoms with van der Waals surface area (Å²) in [7, 11) is 2.05. The van der Waals surface area contributed by atoms with Gasteiger partial charge in [0.05, 0.1) is 0 Å². The molecule has 2 rings (SSSR count). The molecule has 0 aliphatic carbocycles. The van der Waals surface area contributed by atoms with Crippen molar-refractivity contribution in [1.29, 1.82) is 0 Å². The molecule has 0 bridgehead atoms. The standard InChI is InChI=1S/C11H12N2OS/c1-7(14)12-9-4-5-10-11(6-9)15-8(2)13(10)3/h4-6H,1-3H3/p+1. The van der Waals surface area contributed by atoms with Crippen LogP contribution in [0.2, 0.25) is 0 Å². The SMILES string of the molecule is CC(=O)Nc1ccc2c(c1)sc(C)[n+]2C. The fourth-order valence-corrected chi connectivity index (χ4v) is 2.60. The minimum atomic E-state index is -0.0352. The van der Waals surface area contributed by atoms with Crippen LogP contribution in [0.4, 0.5) is 5.69 Å². The highest BCUT2D eigenvalue weighted by Gasteiger charge is 2.12. The minimum absolute atomic E-state index is 0.0352. The smallest absolute Gasteiger partial charge is 0.234 e. The summed E-state index contributed by atoms with van der Waals surface area (Å²) in [6.07, 6.45) is 0. The van der Waals surface area contributed by atoms with E-state index in [1.165, 1.54) is 22.1 Å². The van der Waals surface area contributed by atoms with Crippen LogP contribution >= 0.6 is 11.3 Å². The summed E-state index contributed by atoms with van der Waals surface area (Å²) in [6, 6.07) is 5.97. The third-order valence-electron chi connectivity index (χ3n) is 2.37. The summed E-state index contributed by atoms with van der Waals surface area (Å²) in [4.78, 5) is 10.9. The zero-order chi connectivity index (χ0) is 11.0. The Morgan fingerprint density at radius 1 is 1.47 bits per heavy atom. The Morgan fingerprint density at radius 3 is 2.87 bits per heavy atom. The molecule has 0 saturated carbocycles. The summed E-state index contributed by atoms with van der Waals surface area (Å²) >= 11 is 1.73. The molecule has 0 aliphatic heterocycles. The number of carbonyl (C=O) groups excluding carboxylic acids is 1. The molecule has 0 radical (unpaired) electrons. The number of carbonyl (C=O) groups is 1. The van der Waals surface area contributed by atoms with E-state index in [0.29, 0.717) is 0 Å². The lowest BCUT2D eigenvalue weighted by Gasteiger charge is -1.99. The Hall–Kier alpha value is -1.42. The van der Waals surface area contributed by atoms with Gasteiger partial charge in [0.1, 0.15) is 11.7 Å². The predicted octanol–water partition coefficient (Wildman–Crippen LogP) is 1.99. The van der Waals surface area contributed by atoms with Gasteiger partial charge in [-0.05, 0) is 12.1 Å². The van der Waals surface area contributed by atoms with Gasteiger partial charge in [-0.15, -0.1) is 0 Å². The van der Waals surface area contributed by atoms with Crippen LogP contribution < -0.4 is 9.88 Å². The maximum absolute atomic E-state index is 10.9. The molecule has 1 amide bonds. The van der Waals surface area contributed by atoms with Crippen molar-refractivity contribution in [2.45, 2.75) is 13.8 Å². The van der Waals surface area contributed by atoms with E-state index in [-0.39, 0.29) is 5.91 Å². The highest BCUT2D eigenvalue weighted by atomic mass is 32.1. The molecule has 0 atom stereocenters. The first-order valence-electron chi connectivity index (χ1n) is 4.74. The Balaban J connectivity index is 2.52. The van der Waals surface area contributed by atoms with Crippen LogP contribution in [-0.2, 0) is 11.8 Å². The molecule has 1 aromatic heterocycles. The first-order chi connectivity index (χ1) is 7.08. The van der Waals surface area contributed by atoms with Crippen LogP contribution in [0.15, 0.2) is 18.2 Å². The number of benzene rings is 1. The van der Waals surface area contributed by atoms with E-state index in [0.717, 1.165) is 5.69 Å². The van der Waals surface area contributed by atoms with Gasteiger partial charge in [-0.1, -0.05) is 11.3 Å². The molecule has 1 N–H and O–H groups in total. The van der Waals surface area contributed by atoms with E-state index < -0.39 is 0 Å². The van der Waals surface area contributed by atoms with Gasteiger partial charge in [0.25, 0.3) is 0 Å². The lowest BCUT2D eigenvalue weighted by atomic mass is 10.3. The maximum Gasteiger partial charge on any atom is 0.234 e. The van der Waals surface area contributed by atoms with Crippen molar-refractivity contribution in [2.75, 3.05) is 5.32 Å². The molecule has 78 valence electrons. The lowest BCUT2D eigenvalue weighted by molar-refractivity contribution is -0.646. The van der Waals surface area contributed by atoms with Crippen molar-refractivity contribution in [2.24, 2.45) is 7.05 Å². The highest BCUT2D eigenvalue weighted by molar-refractivity contribution is 7.18. The van der Waals surface area contributed by atoms with Gasteiger partial charge in [-0.25, -0.2) is 0 Å². The molecule has 1 heterocycles. The number of rotatable bonds is 1. The molecule has 0 aliphatic rings. The van der Waals surface area contributed by atoms with Crippen molar-refractivity contribution in [3.8, 4) is 0 Å². The third kappa shape index (κ3) is 1.85. The van der Waals surface area contributed by atoms with Gasteiger partial charge in [0.15, 0.2) is 0 Å². The number of amides is 1. The van der Waals surface area contributed by atoms with Crippen LogP contribution in [0.3, 0.4) is 0 Å². The monoisotopic (exact) mass is 221 g/mol. The molecule has 0 saturated heterocycles. The first-order valence-corrected chi connectivity index (χ1v) is 5.56.